The maximum atomic E-state index is 11.0. The highest BCUT2D eigenvalue weighted by atomic mass is 35.5. The predicted molar refractivity (Wildman–Crippen MR) is 55.6 cm³/mol. The van der Waals surface area contributed by atoms with Crippen LogP contribution in [0.4, 0.5) is 10.5 Å². The lowest BCUT2D eigenvalue weighted by Crippen LogP contribution is -2.26. The fraction of sp³-hybridized carbons (Fsp3) is 0.222. The van der Waals surface area contributed by atoms with Crippen LogP contribution in [0.5, 0.6) is 5.75 Å². The lowest BCUT2D eigenvalue weighted by Gasteiger charge is -2.07. The zero-order valence-electron chi connectivity index (χ0n) is 7.71. The first kappa shape index (κ1) is 10.7. The van der Waals surface area contributed by atoms with E-state index in [1.165, 1.54) is 6.07 Å². The monoisotopic (exact) mass is 214 g/mol. The number of amides is 1. The van der Waals surface area contributed by atoms with Gasteiger partial charge in [-0.15, -0.1) is 0 Å². The van der Waals surface area contributed by atoms with Gasteiger partial charge in [0.05, 0.1) is 5.69 Å². The van der Waals surface area contributed by atoms with Gasteiger partial charge in [0, 0.05) is 11.6 Å². The van der Waals surface area contributed by atoms with Crippen molar-refractivity contribution in [2.24, 2.45) is 0 Å². The van der Waals surface area contributed by atoms with Crippen molar-refractivity contribution in [1.29, 1.82) is 0 Å². The van der Waals surface area contributed by atoms with Gasteiger partial charge in [-0.1, -0.05) is 11.6 Å². The molecule has 1 aromatic rings. The second-order valence-electron chi connectivity index (χ2n) is 2.60. The summed E-state index contributed by atoms with van der Waals surface area (Å²) in [4.78, 5) is 11.0. The molecule has 1 aromatic carbocycles. The fourth-order valence-corrected chi connectivity index (χ4v) is 1.07. The van der Waals surface area contributed by atoms with Gasteiger partial charge >= 0.3 is 6.09 Å². The Morgan fingerprint density at radius 1 is 1.64 bits per heavy atom. The minimum absolute atomic E-state index is 0.306. The van der Waals surface area contributed by atoms with Crippen molar-refractivity contribution in [2.45, 2.75) is 6.92 Å². The summed E-state index contributed by atoms with van der Waals surface area (Å²) in [5, 5.41) is 2.99. The van der Waals surface area contributed by atoms with E-state index in [0.29, 0.717) is 23.0 Å². The van der Waals surface area contributed by atoms with Gasteiger partial charge in [0.25, 0.3) is 0 Å². The molecule has 76 valence electrons. The maximum Gasteiger partial charge on any atom is 0.412 e. The number of benzene rings is 1. The van der Waals surface area contributed by atoms with E-state index in [9.17, 15) is 4.79 Å². The molecule has 0 aliphatic carbocycles. The molecule has 3 N–H and O–H groups in total. The van der Waals surface area contributed by atoms with Crippen LogP contribution in [0.2, 0.25) is 5.02 Å². The number of nitrogens with one attached hydrogen (secondary N) is 1. The normalized spacial score (nSPS) is 9.57. The molecular formula is C9H11ClN2O2. The van der Waals surface area contributed by atoms with Crippen LogP contribution in [0.25, 0.3) is 0 Å². The van der Waals surface area contributed by atoms with E-state index in [-0.39, 0.29) is 0 Å². The van der Waals surface area contributed by atoms with Crippen LogP contribution in [0.15, 0.2) is 18.2 Å². The molecule has 1 amide bonds. The molecule has 1 rings (SSSR count). The number of hydrogen-bond acceptors (Lipinski definition) is 3. The van der Waals surface area contributed by atoms with Crippen LogP contribution in [0.3, 0.4) is 0 Å². The van der Waals surface area contributed by atoms with Gasteiger partial charge < -0.3 is 15.8 Å². The van der Waals surface area contributed by atoms with E-state index in [4.69, 9.17) is 22.1 Å². The second kappa shape index (κ2) is 4.72. The van der Waals surface area contributed by atoms with Gasteiger partial charge in [-0.25, -0.2) is 4.79 Å². The Morgan fingerprint density at radius 2 is 2.36 bits per heavy atom. The number of nitrogen functional groups attached to an aromatic ring is 1. The highest BCUT2D eigenvalue weighted by molar-refractivity contribution is 6.30. The molecule has 14 heavy (non-hydrogen) atoms. The number of carbonyl (C=O) groups is 1. The Balaban J connectivity index is 2.72. The third-order valence-electron chi connectivity index (χ3n) is 1.50. The second-order valence-corrected chi connectivity index (χ2v) is 3.04. The number of halogens is 1. The standard InChI is InChI=1S/C9H11ClN2O2/c1-2-12-9(13)14-8-4-3-6(10)5-7(8)11/h3-5H,2,11H2,1H3,(H,12,13). The number of carbonyl (C=O) groups excluding carboxylic acids is 1. The first-order valence-corrected chi connectivity index (χ1v) is 4.52. The molecule has 0 aliphatic rings. The van der Waals surface area contributed by atoms with Crippen molar-refractivity contribution in [3.63, 3.8) is 0 Å². The fourth-order valence-electron chi connectivity index (χ4n) is 0.893. The maximum absolute atomic E-state index is 11.0. The van der Waals surface area contributed by atoms with Crippen LogP contribution in [0.1, 0.15) is 6.92 Å². The highest BCUT2D eigenvalue weighted by Crippen LogP contribution is 2.24. The van der Waals surface area contributed by atoms with E-state index >= 15 is 0 Å². The van der Waals surface area contributed by atoms with Crippen molar-refractivity contribution in [2.75, 3.05) is 12.3 Å². The summed E-state index contributed by atoms with van der Waals surface area (Å²) >= 11 is 5.68. The molecule has 5 heteroatoms. The highest BCUT2D eigenvalue weighted by Gasteiger charge is 2.06. The quantitative estimate of drug-likeness (QED) is 0.741. The third kappa shape index (κ3) is 2.81. The summed E-state index contributed by atoms with van der Waals surface area (Å²) in [6.07, 6.45) is -0.526. The van der Waals surface area contributed by atoms with E-state index in [1.807, 2.05) is 0 Å². The molecule has 0 saturated heterocycles. The van der Waals surface area contributed by atoms with Gasteiger partial charge in [-0.05, 0) is 25.1 Å². The Labute approximate surface area is 87.0 Å². The largest absolute Gasteiger partial charge is 0.412 e. The number of nitrogens with two attached hydrogens (primary N) is 1. The zero-order valence-corrected chi connectivity index (χ0v) is 8.47. The van der Waals surface area contributed by atoms with Crippen LogP contribution in [-0.4, -0.2) is 12.6 Å². The average Bonchev–Trinajstić information content (AvgIpc) is 2.10. The molecular weight excluding hydrogens is 204 g/mol. The Bertz CT molecular complexity index is 342. The van der Waals surface area contributed by atoms with E-state index in [0.717, 1.165) is 0 Å². The Morgan fingerprint density at radius 3 is 2.93 bits per heavy atom. The smallest absolute Gasteiger partial charge is 0.408 e. The van der Waals surface area contributed by atoms with Crippen molar-refractivity contribution >= 4 is 23.4 Å². The van der Waals surface area contributed by atoms with Gasteiger partial charge in [-0.3, -0.25) is 0 Å². The minimum atomic E-state index is -0.526. The lowest BCUT2D eigenvalue weighted by molar-refractivity contribution is 0.201. The molecule has 0 radical (unpaired) electrons. The van der Waals surface area contributed by atoms with Crippen LogP contribution >= 0.6 is 11.6 Å². The topological polar surface area (TPSA) is 64.3 Å². The molecule has 0 atom stereocenters. The summed E-state index contributed by atoms with van der Waals surface area (Å²) < 4.78 is 4.91. The molecule has 0 fully saturated rings. The molecule has 0 aliphatic heterocycles. The Kier molecular flexibility index (Phi) is 3.59. The number of hydrogen-bond donors (Lipinski definition) is 2. The first-order valence-electron chi connectivity index (χ1n) is 4.14. The summed E-state index contributed by atoms with van der Waals surface area (Å²) in [6, 6.07) is 4.68. The average molecular weight is 215 g/mol. The first-order chi connectivity index (χ1) is 6.63. The van der Waals surface area contributed by atoms with E-state index in [2.05, 4.69) is 5.32 Å². The Hall–Kier alpha value is -1.42. The SMILES string of the molecule is CCNC(=O)Oc1ccc(Cl)cc1N. The van der Waals surface area contributed by atoms with Gasteiger partial charge in [0.2, 0.25) is 0 Å². The minimum Gasteiger partial charge on any atom is -0.408 e. The molecule has 0 unspecified atom stereocenters. The molecule has 0 heterocycles. The van der Waals surface area contributed by atoms with Gasteiger partial charge in [-0.2, -0.15) is 0 Å². The molecule has 0 bridgehead atoms. The summed E-state index contributed by atoms with van der Waals surface area (Å²) in [6.45, 7) is 2.30. The summed E-state index contributed by atoms with van der Waals surface area (Å²) in [7, 11) is 0. The number of ether oxygens (including phenoxy) is 1. The summed E-state index contributed by atoms with van der Waals surface area (Å²) in [5.74, 6) is 0.306. The van der Waals surface area contributed by atoms with Crippen LogP contribution < -0.4 is 15.8 Å². The van der Waals surface area contributed by atoms with Crippen LogP contribution in [-0.2, 0) is 0 Å². The van der Waals surface area contributed by atoms with Crippen molar-refractivity contribution in [1.82, 2.24) is 5.32 Å². The molecule has 0 aromatic heterocycles. The lowest BCUT2D eigenvalue weighted by atomic mass is 10.3. The molecule has 0 spiro atoms. The molecule has 0 saturated carbocycles. The van der Waals surface area contributed by atoms with Crippen LogP contribution in [0, 0.1) is 0 Å². The third-order valence-corrected chi connectivity index (χ3v) is 1.73. The number of anilines is 1. The van der Waals surface area contributed by atoms with Crippen molar-refractivity contribution in [3.05, 3.63) is 23.2 Å². The summed E-state index contributed by atoms with van der Waals surface area (Å²) in [5.41, 5.74) is 5.91. The van der Waals surface area contributed by atoms with E-state index in [1.54, 1.807) is 19.1 Å². The number of rotatable bonds is 2. The van der Waals surface area contributed by atoms with E-state index < -0.39 is 6.09 Å². The van der Waals surface area contributed by atoms with Gasteiger partial charge in [0.1, 0.15) is 0 Å². The predicted octanol–water partition coefficient (Wildman–Crippen LogP) is 2.03. The van der Waals surface area contributed by atoms with Gasteiger partial charge in [0.15, 0.2) is 5.75 Å². The van der Waals surface area contributed by atoms with Crippen molar-refractivity contribution in [3.8, 4) is 5.75 Å². The zero-order chi connectivity index (χ0) is 10.6. The van der Waals surface area contributed by atoms with Crippen molar-refractivity contribution < 1.29 is 9.53 Å². The molecule has 4 nitrogen and oxygen atoms in total.